The maximum absolute atomic E-state index is 12.5. The second kappa shape index (κ2) is 5.30. The third kappa shape index (κ3) is 2.54. The van der Waals surface area contributed by atoms with Crippen molar-refractivity contribution in [3.63, 3.8) is 0 Å². The molecule has 1 aliphatic carbocycles. The molecule has 0 spiro atoms. The van der Waals surface area contributed by atoms with E-state index in [1.54, 1.807) is 24.3 Å². The third-order valence-electron chi connectivity index (χ3n) is 3.84. The number of hydrogen-bond donors (Lipinski definition) is 0. The van der Waals surface area contributed by atoms with Gasteiger partial charge in [-0.1, -0.05) is 41.9 Å². The Balaban J connectivity index is 1.88. The van der Waals surface area contributed by atoms with E-state index in [1.807, 2.05) is 30.3 Å². The first-order chi connectivity index (χ1) is 10.1. The van der Waals surface area contributed by atoms with Crippen LogP contribution in [0.4, 0.5) is 0 Å². The highest BCUT2D eigenvalue weighted by molar-refractivity contribution is 6.30. The normalized spacial score (nSPS) is 23.6. The third-order valence-corrected chi connectivity index (χ3v) is 4.09. The first-order valence-corrected chi connectivity index (χ1v) is 6.95. The zero-order valence-electron chi connectivity index (χ0n) is 11.0. The summed E-state index contributed by atoms with van der Waals surface area (Å²) in [6.07, 6.45) is 0. The zero-order valence-corrected chi connectivity index (χ0v) is 11.7. The molecule has 0 saturated heterocycles. The van der Waals surface area contributed by atoms with Crippen molar-refractivity contribution in [2.24, 2.45) is 5.92 Å². The lowest BCUT2D eigenvalue weighted by atomic mass is 10.0. The number of rotatable bonds is 4. The van der Waals surface area contributed by atoms with Crippen LogP contribution in [-0.4, -0.2) is 16.7 Å². The van der Waals surface area contributed by atoms with Crippen LogP contribution in [0.3, 0.4) is 0 Å². The topological polar surface area (TPSA) is 60.2 Å². The summed E-state index contributed by atoms with van der Waals surface area (Å²) in [6.45, 7) is 0. The van der Waals surface area contributed by atoms with Gasteiger partial charge in [0.25, 0.3) is 0 Å². The molecule has 1 aliphatic rings. The van der Waals surface area contributed by atoms with Gasteiger partial charge in [-0.05, 0) is 29.8 Å². The summed E-state index contributed by atoms with van der Waals surface area (Å²) in [5, 5.41) is 11.7. The van der Waals surface area contributed by atoms with Crippen LogP contribution >= 0.6 is 11.6 Å². The molecule has 4 nitrogen and oxygen atoms in total. The molecule has 0 radical (unpaired) electrons. The van der Waals surface area contributed by atoms with E-state index in [0.717, 1.165) is 5.56 Å². The zero-order chi connectivity index (χ0) is 15.0. The van der Waals surface area contributed by atoms with E-state index in [9.17, 15) is 14.9 Å². The molecule has 0 amide bonds. The average molecular weight is 302 g/mol. The van der Waals surface area contributed by atoms with Crippen LogP contribution in [-0.2, 0) is 0 Å². The van der Waals surface area contributed by atoms with Crippen LogP contribution < -0.4 is 0 Å². The summed E-state index contributed by atoms with van der Waals surface area (Å²) in [5.41, 5.74) is 1.31. The van der Waals surface area contributed by atoms with Gasteiger partial charge >= 0.3 is 0 Å². The number of carbonyl (C=O) groups excluding carboxylic acids is 1. The Labute approximate surface area is 126 Å². The largest absolute Gasteiger partial charge is 0.294 e. The molecule has 3 rings (SSSR count). The fourth-order valence-corrected chi connectivity index (χ4v) is 2.89. The number of hydrogen-bond acceptors (Lipinski definition) is 3. The van der Waals surface area contributed by atoms with E-state index >= 15 is 0 Å². The minimum atomic E-state index is -0.837. The second-order valence-electron chi connectivity index (χ2n) is 5.11. The number of halogens is 1. The number of nitrogens with zero attached hydrogens (tertiary/aromatic N) is 1. The predicted octanol–water partition coefficient (Wildman–Crippen LogP) is 3.58. The Morgan fingerprint density at radius 1 is 1.05 bits per heavy atom. The molecule has 0 aliphatic heterocycles. The highest BCUT2D eigenvalue weighted by Crippen LogP contribution is 2.51. The maximum atomic E-state index is 12.5. The van der Waals surface area contributed by atoms with E-state index in [4.69, 9.17) is 11.6 Å². The first-order valence-electron chi connectivity index (χ1n) is 6.58. The molecule has 21 heavy (non-hydrogen) atoms. The standard InChI is InChI=1S/C16H12ClNO3/c17-12-8-6-11(7-9-12)16(19)14-13(15(14)18(20)21)10-4-2-1-3-5-10/h1-9,13-15H/t13-,14+,15-/m1/s1. The Kier molecular flexibility index (Phi) is 3.47. The molecule has 1 saturated carbocycles. The smallest absolute Gasteiger partial charge is 0.231 e. The molecule has 1 fully saturated rings. The summed E-state index contributed by atoms with van der Waals surface area (Å²) in [6, 6.07) is 14.8. The molecule has 0 bridgehead atoms. The van der Waals surface area contributed by atoms with Gasteiger partial charge in [0.2, 0.25) is 6.04 Å². The van der Waals surface area contributed by atoms with Crippen molar-refractivity contribution >= 4 is 17.4 Å². The van der Waals surface area contributed by atoms with Gasteiger partial charge in [-0.2, -0.15) is 0 Å². The first kappa shape index (κ1) is 13.8. The lowest BCUT2D eigenvalue weighted by molar-refractivity contribution is -0.498. The van der Waals surface area contributed by atoms with Gasteiger partial charge < -0.3 is 0 Å². The lowest BCUT2D eigenvalue weighted by Crippen LogP contribution is -2.10. The molecule has 3 atom stereocenters. The van der Waals surface area contributed by atoms with Crippen molar-refractivity contribution in [1.29, 1.82) is 0 Å². The Morgan fingerprint density at radius 2 is 1.67 bits per heavy atom. The molecule has 2 aromatic rings. The van der Waals surface area contributed by atoms with Gasteiger partial charge in [0.05, 0.1) is 5.92 Å². The predicted molar refractivity (Wildman–Crippen MR) is 79.2 cm³/mol. The minimum absolute atomic E-state index is 0.192. The van der Waals surface area contributed by atoms with E-state index in [0.29, 0.717) is 10.6 Å². The van der Waals surface area contributed by atoms with Crippen LogP contribution in [0.1, 0.15) is 21.8 Å². The van der Waals surface area contributed by atoms with Gasteiger partial charge in [0.15, 0.2) is 5.78 Å². The minimum Gasteiger partial charge on any atom is -0.294 e. The maximum Gasteiger partial charge on any atom is 0.231 e. The van der Waals surface area contributed by atoms with Crippen molar-refractivity contribution in [2.45, 2.75) is 12.0 Å². The van der Waals surface area contributed by atoms with E-state index < -0.39 is 12.0 Å². The van der Waals surface area contributed by atoms with Gasteiger partial charge in [-0.15, -0.1) is 0 Å². The fraction of sp³-hybridized carbons (Fsp3) is 0.188. The van der Waals surface area contributed by atoms with Gasteiger partial charge in [-0.3, -0.25) is 14.9 Å². The highest BCUT2D eigenvalue weighted by atomic mass is 35.5. The molecule has 0 heterocycles. The molecule has 0 N–H and O–H groups in total. The number of Topliss-reactive ketones (excluding diaryl/α,β-unsaturated/α-hetero) is 1. The van der Waals surface area contributed by atoms with E-state index in [1.165, 1.54) is 0 Å². The quantitative estimate of drug-likeness (QED) is 0.492. The van der Waals surface area contributed by atoms with Gasteiger partial charge in [0, 0.05) is 15.5 Å². The molecule has 2 aromatic carbocycles. The van der Waals surface area contributed by atoms with Crippen LogP contribution in [0.25, 0.3) is 0 Å². The average Bonchev–Trinajstić information content (AvgIpc) is 3.24. The van der Waals surface area contributed by atoms with Crippen molar-refractivity contribution in [2.75, 3.05) is 0 Å². The molecule has 5 heteroatoms. The van der Waals surface area contributed by atoms with Crippen molar-refractivity contribution in [1.82, 2.24) is 0 Å². The number of ketones is 1. The molecule has 0 unspecified atom stereocenters. The van der Waals surface area contributed by atoms with Crippen LogP contribution in [0.5, 0.6) is 0 Å². The van der Waals surface area contributed by atoms with E-state index in [2.05, 4.69) is 0 Å². The van der Waals surface area contributed by atoms with Crippen LogP contribution in [0.15, 0.2) is 54.6 Å². The number of benzene rings is 2. The highest BCUT2D eigenvalue weighted by Gasteiger charge is 2.64. The molecule has 106 valence electrons. The van der Waals surface area contributed by atoms with Crippen LogP contribution in [0.2, 0.25) is 5.02 Å². The second-order valence-corrected chi connectivity index (χ2v) is 5.55. The SMILES string of the molecule is O=C(c1ccc(Cl)cc1)[C@H]1[C@@H](c2ccccc2)[C@H]1[N+](=O)[O-]. The lowest BCUT2D eigenvalue weighted by Gasteiger charge is -1.99. The van der Waals surface area contributed by atoms with Gasteiger partial charge in [0.1, 0.15) is 5.92 Å². The monoisotopic (exact) mass is 301 g/mol. The summed E-state index contributed by atoms with van der Waals surface area (Å²) in [7, 11) is 0. The Morgan fingerprint density at radius 3 is 2.24 bits per heavy atom. The Bertz CT molecular complexity index is 684. The van der Waals surface area contributed by atoms with Crippen molar-refractivity contribution in [3.05, 3.63) is 80.9 Å². The van der Waals surface area contributed by atoms with E-state index in [-0.39, 0.29) is 16.6 Å². The number of nitro groups is 1. The summed E-state index contributed by atoms with van der Waals surface area (Å²) in [4.78, 5) is 23.3. The molecular formula is C16H12ClNO3. The van der Waals surface area contributed by atoms with Crippen molar-refractivity contribution < 1.29 is 9.72 Å². The van der Waals surface area contributed by atoms with Crippen LogP contribution in [0, 0.1) is 16.0 Å². The summed E-state index contributed by atoms with van der Waals surface area (Å²) in [5.74, 6) is -1.13. The fourth-order valence-electron chi connectivity index (χ4n) is 2.76. The van der Waals surface area contributed by atoms with Crippen molar-refractivity contribution in [3.8, 4) is 0 Å². The Hall–Kier alpha value is -2.20. The molecule has 0 aromatic heterocycles. The van der Waals surface area contributed by atoms with Gasteiger partial charge in [-0.25, -0.2) is 0 Å². The number of carbonyl (C=O) groups is 1. The summed E-state index contributed by atoms with van der Waals surface area (Å²) < 4.78 is 0. The molecular weight excluding hydrogens is 290 g/mol. The summed E-state index contributed by atoms with van der Waals surface area (Å²) >= 11 is 5.80.